The Morgan fingerprint density at radius 2 is 1.92 bits per heavy atom. The minimum atomic E-state index is 0.210. The lowest BCUT2D eigenvalue weighted by molar-refractivity contribution is -0.140. The molecule has 1 aromatic rings. The number of amides is 1. The van der Waals surface area contributed by atoms with E-state index in [1.165, 1.54) is 19.3 Å². The molecule has 2 unspecified atom stereocenters. The first kappa shape index (κ1) is 16.1. The van der Waals surface area contributed by atoms with Crippen LogP contribution in [0.4, 0.5) is 0 Å². The summed E-state index contributed by atoms with van der Waals surface area (Å²) in [6.07, 6.45) is 7.36. The van der Waals surface area contributed by atoms with Gasteiger partial charge in [-0.3, -0.25) is 9.69 Å². The minimum Gasteiger partial charge on any atom is -0.364 e. The molecule has 6 heteroatoms. The summed E-state index contributed by atoms with van der Waals surface area (Å²) in [5, 5.41) is 3.97. The largest absolute Gasteiger partial charge is 0.364 e. The van der Waals surface area contributed by atoms with Gasteiger partial charge < -0.3 is 15.2 Å². The summed E-state index contributed by atoms with van der Waals surface area (Å²) in [4.78, 5) is 17.4. The molecule has 4 rings (SSSR count). The highest BCUT2D eigenvalue weighted by Crippen LogP contribution is 2.42. The number of aromatic nitrogens is 1. The number of piperazine rings is 1. The van der Waals surface area contributed by atoms with Crippen LogP contribution in [-0.4, -0.2) is 53.1 Å². The predicted molar refractivity (Wildman–Crippen MR) is 89.9 cm³/mol. The highest BCUT2D eigenvalue weighted by Gasteiger charge is 2.41. The van der Waals surface area contributed by atoms with Gasteiger partial charge >= 0.3 is 0 Å². The van der Waals surface area contributed by atoms with Gasteiger partial charge in [-0.05, 0) is 37.5 Å². The van der Waals surface area contributed by atoms with Crippen molar-refractivity contribution >= 4 is 5.91 Å². The molecule has 2 heterocycles. The Bertz CT molecular complexity index is 539. The molecule has 2 N–H and O–H groups in total. The zero-order valence-corrected chi connectivity index (χ0v) is 14.3. The van der Waals surface area contributed by atoms with E-state index in [1.807, 2.05) is 6.07 Å². The first-order valence-electron chi connectivity index (χ1n) is 9.36. The van der Waals surface area contributed by atoms with Crippen LogP contribution in [0.5, 0.6) is 0 Å². The summed E-state index contributed by atoms with van der Waals surface area (Å²) in [6.45, 7) is 4.29. The summed E-state index contributed by atoms with van der Waals surface area (Å²) < 4.78 is 4.89. The predicted octanol–water partition coefficient (Wildman–Crippen LogP) is 1.47. The summed E-state index contributed by atoms with van der Waals surface area (Å²) in [5.41, 5.74) is 7.32. The second kappa shape index (κ2) is 6.84. The summed E-state index contributed by atoms with van der Waals surface area (Å²) >= 11 is 0. The topological polar surface area (TPSA) is 75.6 Å². The van der Waals surface area contributed by atoms with E-state index in [-0.39, 0.29) is 5.92 Å². The lowest BCUT2D eigenvalue weighted by Crippen LogP contribution is -2.53. The maximum absolute atomic E-state index is 13.0. The quantitative estimate of drug-likeness (QED) is 0.907. The molecule has 3 fully saturated rings. The first-order chi connectivity index (χ1) is 11.7. The normalized spacial score (nSPS) is 34.3. The third kappa shape index (κ3) is 3.22. The van der Waals surface area contributed by atoms with Crippen molar-refractivity contribution in [3.05, 3.63) is 18.0 Å². The SMILES string of the molecule is NC1C2CCCC1CC(C(=O)N1CCN(Cc3ccon3)CC1)C2. The number of hydrogen-bond acceptors (Lipinski definition) is 5. The summed E-state index contributed by atoms with van der Waals surface area (Å²) in [6, 6.07) is 2.24. The fraction of sp³-hybridized carbons (Fsp3) is 0.778. The van der Waals surface area contributed by atoms with Crippen molar-refractivity contribution in [3.8, 4) is 0 Å². The van der Waals surface area contributed by atoms with E-state index in [0.717, 1.165) is 51.3 Å². The molecular formula is C18H28N4O2. The van der Waals surface area contributed by atoms with E-state index in [9.17, 15) is 4.79 Å². The van der Waals surface area contributed by atoms with Gasteiger partial charge in [0.1, 0.15) is 6.26 Å². The maximum Gasteiger partial charge on any atom is 0.225 e. The second-order valence-corrected chi connectivity index (χ2v) is 7.79. The highest BCUT2D eigenvalue weighted by molar-refractivity contribution is 5.79. The molecular weight excluding hydrogens is 304 g/mol. The van der Waals surface area contributed by atoms with E-state index >= 15 is 0 Å². The molecule has 1 aromatic heterocycles. The van der Waals surface area contributed by atoms with Crippen LogP contribution in [0, 0.1) is 17.8 Å². The Kier molecular flexibility index (Phi) is 4.59. The molecule has 0 radical (unpaired) electrons. The molecule has 132 valence electrons. The Labute approximate surface area is 143 Å². The van der Waals surface area contributed by atoms with Gasteiger partial charge in [-0.15, -0.1) is 0 Å². The van der Waals surface area contributed by atoms with Crippen molar-refractivity contribution in [2.45, 2.75) is 44.7 Å². The number of rotatable bonds is 3. The van der Waals surface area contributed by atoms with Crippen molar-refractivity contribution in [3.63, 3.8) is 0 Å². The van der Waals surface area contributed by atoms with Crippen LogP contribution in [0.25, 0.3) is 0 Å². The van der Waals surface area contributed by atoms with E-state index in [0.29, 0.717) is 23.8 Å². The monoisotopic (exact) mass is 332 g/mol. The number of nitrogens with two attached hydrogens (primary N) is 1. The highest BCUT2D eigenvalue weighted by atomic mass is 16.5. The van der Waals surface area contributed by atoms with Gasteiger partial charge in [-0.25, -0.2) is 0 Å². The lowest BCUT2D eigenvalue weighted by Gasteiger charge is -2.45. The van der Waals surface area contributed by atoms with Gasteiger partial charge in [0.2, 0.25) is 5.91 Å². The number of carbonyl (C=O) groups excluding carboxylic acids is 1. The van der Waals surface area contributed by atoms with Gasteiger partial charge in [-0.1, -0.05) is 11.6 Å². The molecule has 2 aliphatic carbocycles. The fourth-order valence-electron chi connectivity index (χ4n) is 4.92. The molecule has 6 nitrogen and oxygen atoms in total. The average Bonchev–Trinajstić information content (AvgIpc) is 3.08. The maximum atomic E-state index is 13.0. The third-order valence-corrected chi connectivity index (χ3v) is 6.32. The molecule has 1 saturated heterocycles. The summed E-state index contributed by atoms with van der Waals surface area (Å²) in [5.74, 6) is 1.72. The third-order valence-electron chi connectivity index (χ3n) is 6.32. The zero-order valence-electron chi connectivity index (χ0n) is 14.3. The Balaban J connectivity index is 1.30. The lowest BCUT2D eigenvalue weighted by atomic mass is 9.65. The van der Waals surface area contributed by atoms with Crippen LogP contribution in [0.3, 0.4) is 0 Å². The van der Waals surface area contributed by atoms with Crippen molar-refractivity contribution < 1.29 is 9.32 Å². The Morgan fingerprint density at radius 3 is 2.54 bits per heavy atom. The van der Waals surface area contributed by atoms with Gasteiger partial charge in [-0.2, -0.15) is 0 Å². The average molecular weight is 332 g/mol. The molecule has 2 saturated carbocycles. The van der Waals surface area contributed by atoms with E-state index in [2.05, 4.69) is 15.0 Å². The van der Waals surface area contributed by atoms with E-state index in [1.54, 1.807) is 6.26 Å². The van der Waals surface area contributed by atoms with Crippen LogP contribution in [0.15, 0.2) is 16.9 Å². The zero-order chi connectivity index (χ0) is 16.5. The molecule has 24 heavy (non-hydrogen) atoms. The molecule has 0 spiro atoms. The van der Waals surface area contributed by atoms with Gasteiger partial charge in [0.05, 0.1) is 5.69 Å². The molecule has 3 aliphatic rings. The summed E-state index contributed by atoms with van der Waals surface area (Å²) in [7, 11) is 0. The van der Waals surface area contributed by atoms with Crippen LogP contribution in [0.1, 0.15) is 37.8 Å². The van der Waals surface area contributed by atoms with Crippen LogP contribution in [-0.2, 0) is 11.3 Å². The minimum absolute atomic E-state index is 0.210. The van der Waals surface area contributed by atoms with Crippen molar-refractivity contribution in [2.24, 2.45) is 23.5 Å². The van der Waals surface area contributed by atoms with Crippen molar-refractivity contribution in [1.82, 2.24) is 15.0 Å². The molecule has 1 aliphatic heterocycles. The van der Waals surface area contributed by atoms with Crippen molar-refractivity contribution in [1.29, 1.82) is 0 Å². The first-order valence-corrected chi connectivity index (χ1v) is 9.36. The second-order valence-electron chi connectivity index (χ2n) is 7.79. The van der Waals surface area contributed by atoms with E-state index in [4.69, 9.17) is 10.3 Å². The van der Waals surface area contributed by atoms with Gasteiger partial charge in [0.25, 0.3) is 0 Å². The molecule has 0 aromatic carbocycles. The van der Waals surface area contributed by atoms with Crippen LogP contribution >= 0.6 is 0 Å². The van der Waals surface area contributed by atoms with Gasteiger partial charge in [0.15, 0.2) is 0 Å². The number of nitrogens with zero attached hydrogens (tertiary/aromatic N) is 3. The Morgan fingerprint density at radius 1 is 1.21 bits per heavy atom. The van der Waals surface area contributed by atoms with E-state index < -0.39 is 0 Å². The van der Waals surface area contributed by atoms with Gasteiger partial charge in [0, 0.05) is 50.7 Å². The smallest absolute Gasteiger partial charge is 0.225 e. The van der Waals surface area contributed by atoms with Crippen molar-refractivity contribution in [2.75, 3.05) is 26.2 Å². The van der Waals surface area contributed by atoms with Crippen LogP contribution in [0.2, 0.25) is 0 Å². The number of hydrogen-bond donors (Lipinski definition) is 1. The molecule has 2 atom stereocenters. The molecule has 1 amide bonds. The van der Waals surface area contributed by atoms with Crippen LogP contribution < -0.4 is 5.73 Å². The number of fused-ring (bicyclic) bond motifs is 2. The standard InChI is InChI=1S/C18H28N4O2/c19-17-13-2-1-3-14(17)11-15(10-13)18(23)22-7-5-21(6-8-22)12-16-4-9-24-20-16/h4,9,13-15,17H,1-3,5-8,10-12,19H2. The number of carbonyl (C=O) groups is 1. The fourth-order valence-corrected chi connectivity index (χ4v) is 4.92. The Hall–Kier alpha value is -1.40. The molecule has 2 bridgehead atoms.